The molecule has 0 saturated heterocycles. The fourth-order valence-corrected chi connectivity index (χ4v) is 3.47. The third-order valence-corrected chi connectivity index (χ3v) is 5.05. The molecule has 0 fully saturated rings. The highest BCUT2D eigenvalue weighted by atomic mass is 32.1. The number of aryl methyl sites for hydroxylation is 2. The van der Waals surface area contributed by atoms with Gasteiger partial charge in [-0.1, -0.05) is 18.2 Å². The Balaban J connectivity index is 1.48. The van der Waals surface area contributed by atoms with Crippen molar-refractivity contribution in [2.24, 2.45) is 0 Å². The molecule has 0 spiro atoms. The van der Waals surface area contributed by atoms with Gasteiger partial charge in [0.2, 0.25) is 0 Å². The average Bonchev–Trinajstić information content (AvgIpc) is 3.09. The summed E-state index contributed by atoms with van der Waals surface area (Å²) in [5.41, 5.74) is 1.74. The number of thiazole rings is 1. The van der Waals surface area contributed by atoms with Crippen molar-refractivity contribution in [2.45, 2.75) is 19.8 Å². The number of para-hydroxylation sites is 1. The first kappa shape index (κ1) is 19.4. The minimum Gasteiger partial charge on any atom is -0.456 e. The lowest BCUT2D eigenvalue weighted by atomic mass is 10.2. The molecule has 0 unspecified atom stereocenters. The van der Waals surface area contributed by atoms with Crippen LogP contribution in [0.1, 0.15) is 17.0 Å². The maximum Gasteiger partial charge on any atom is 0.306 e. The van der Waals surface area contributed by atoms with Crippen molar-refractivity contribution in [1.29, 1.82) is 0 Å². The molecule has 0 saturated carbocycles. The molecule has 0 aliphatic rings. The van der Waals surface area contributed by atoms with Crippen LogP contribution in [0.4, 0.5) is 11.4 Å². The summed E-state index contributed by atoms with van der Waals surface area (Å²) in [5, 5.41) is 14.2. The van der Waals surface area contributed by atoms with Crippen LogP contribution in [0.15, 0.2) is 42.5 Å². The molecule has 3 aromatic rings. The second-order valence-corrected chi connectivity index (χ2v) is 7.16. The van der Waals surface area contributed by atoms with E-state index in [2.05, 4.69) is 10.3 Å². The quantitative estimate of drug-likeness (QED) is 0.369. The van der Waals surface area contributed by atoms with Crippen molar-refractivity contribution in [2.75, 3.05) is 11.9 Å². The van der Waals surface area contributed by atoms with E-state index in [1.54, 1.807) is 6.92 Å². The number of hydrogen-bond acceptors (Lipinski definition) is 7. The Morgan fingerprint density at radius 3 is 2.79 bits per heavy atom. The second kappa shape index (κ2) is 8.57. The standard InChI is InChI=1S/C19H17N3O5S/c1-12-6-7-13(22(25)26)10-15(12)20-17(23)11-27-19(24)9-8-18-21-14-4-2-3-5-16(14)28-18/h2-7,10H,8-9,11H2,1H3,(H,20,23). The van der Waals surface area contributed by atoms with Crippen LogP contribution in [0.25, 0.3) is 10.2 Å². The zero-order chi connectivity index (χ0) is 20.1. The van der Waals surface area contributed by atoms with Crippen LogP contribution in [0.3, 0.4) is 0 Å². The molecule has 0 aliphatic heterocycles. The number of rotatable bonds is 7. The molecule has 0 bridgehead atoms. The van der Waals surface area contributed by atoms with Gasteiger partial charge >= 0.3 is 5.97 Å². The summed E-state index contributed by atoms with van der Waals surface area (Å²) in [6.07, 6.45) is 0.548. The van der Waals surface area contributed by atoms with Gasteiger partial charge in [0, 0.05) is 18.6 Å². The minimum absolute atomic E-state index is 0.114. The van der Waals surface area contributed by atoms with Gasteiger partial charge in [0.25, 0.3) is 11.6 Å². The van der Waals surface area contributed by atoms with E-state index in [1.807, 2.05) is 24.3 Å². The van der Waals surface area contributed by atoms with Crippen LogP contribution < -0.4 is 5.32 Å². The van der Waals surface area contributed by atoms with E-state index in [1.165, 1.54) is 29.5 Å². The minimum atomic E-state index is -0.558. The molecule has 28 heavy (non-hydrogen) atoms. The molecule has 3 rings (SSSR count). The zero-order valence-electron chi connectivity index (χ0n) is 15.0. The lowest BCUT2D eigenvalue weighted by molar-refractivity contribution is -0.384. The Morgan fingerprint density at radius 2 is 2.04 bits per heavy atom. The topological polar surface area (TPSA) is 111 Å². The Morgan fingerprint density at radius 1 is 1.25 bits per heavy atom. The number of anilines is 1. The van der Waals surface area contributed by atoms with Gasteiger partial charge in [-0.2, -0.15) is 0 Å². The van der Waals surface area contributed by atoms with Crippen LogP contribution in [-0.2, 0) is 20.7 Å². The number of nitrogens with one attached hydrogen (secondary N) is 1. The van der Waals surface area contributed by atoms with Gasteiger partial charge in [0.15, 0.2) is 6.61 Å². The number of non-ortho nitro benzene ring substituents is 1. The van der Waals surface area contributed by atoms with Gasteiger partial charge in [-0.05, 0) is 24.6 Å². The van der Waals surface area contributed by atoms with Gasteiger partial charge in [-0.15, -0.1) is 11.3 Å². The summed E-state index contributed by atoms with van der Waals surface area (Å²) in [5.74, 6) is -1.07. The highest BCUT2D eigenvalue weighted by Crippen LogP contribution is 2.23. The SMILES string of the molecule is Cc1ccc([N+](=O)[O-])cc1NC(=O)COC(=O)CCc1nc2ccccc2s1. The number of benzene rings is 2. The number of aromatic nitrogens is 1. The fourth-order valence-electron chi connectivity index (χ4n) is 2.50. The molecule has 1 heterocycles. The largest absolute Gasteiger partial charge is 0.456 e. The molecule has 0 aliphatic carbocycles. The number of hydrogen-bond donors (Lipinski definition) is 1. The number of carbonyl (C=O) groups is 2. The Hall–Kier alpha value is -3.33. The maximum atomic E-state index is 12.0. The first-order valence-electron chi connectivity index (χ1n) is 8.47. The molecule has 9 heteroatoms. The molecule has 2 aromatic carbocycles. The first-order valence-corrected chi connectivity index (χ1v) is 9.29. The number of esters is 1. The Labute approximate surface area is 164 Å². The molecular weight excluding hydrogens is 382 g/mol. The predicted octanol–water partition coefficient (Wildman–Crippen LogP) is 3.63. The summed E-state index contributed by atoms with van der Waals surface area (Å²) in [4.78, 5) is 38.6. The van der Waals surface area contributed by atoms with Crippen molar-refractivity contribution >= 4 is 44.8 Å². The summed E-state index contributed by atoms with van der Waals surface area (Å²) in [6.45, 7) is 1.25. The summed E-state index contributed by atoms with van der Waals surface area (Å²) in [7, 11) is 0. The lowest BCUT2D eigenvalue weighted by Crippen LogP contribution is -2.21. The van der Waals surface area contributed by atoms with Crippen molar-refractivity contribution < 1.29 is 19.2 Å². The second-order valence-electron chi connectivity index (χ2n) is 6.04. The summed E-state index contributed by atoms with van der Waals surface area (Å²) >= 11 is 1.52. The molecule has 8 nitrogen and oxygen atoms in total. The summed E-state index contributed by atoms with van der Waals surface area (Å²) in [6, 6.07) is 11.9. The lowest BCUT2D eigenvalue weighted by Gasteiger charge is -2.08. The van der Waals surface area contributed by atoms with Crippen LogP contribution >= 0.6 is 11.3 Å². The van der Waals surface area contributed by atoms with Gasteiger partial charge in [-0.3, -0.25) is 19.7 Å². The van der Waals surface area contributed by atoms with E-state index >= 15 is 0 Å². The van der Waals surface area contributed by atoms with Crippen LogP contribution in [-0.4, -0.2) is 28.4 Å². The highest BCUT2D eigenvalue weighted by Gasteiger charge is 2.13. The fraction of sp³-hybridized carbons (Fsp3) is 0.211. The molecule has 0 radical (unpaired) electrons. The maximum absolute atomic E-state index is 12.0. The van der Waals surface area contributed by atoms with E-state index in [9.17, 15) is 19.7 Å². The third kappa shape index (κ3) is 4.89. The first-order chi connectivity index (χ1) is 13.4. The number of amides is 1. The predicted molar refractivity (Wildman–Crippen MR) is 105 cm³/mol. The Kier molecular flexibility index (Phi) is 5.95. The number of nitro groups is 1. The highest BCUT2D eigenvalue weighted by molar-refractivity contribution is 7.18. The van der Waals surface area contributed by atoms with Crippen LogP contribution in [0.2, 0.25) is 0 Å². The monoisotopic (exact) mass is 399 g/mol. The van der Waals surface area contributed by atoms with Crippen molar-refractivity contribution in [3.8, 4) is 0 Å². The number of ether oxygens (including phenoxy) is 1. The number of fused-ring (bicyclic) bond motifs is 1. The normalized spacial score (nSPS) is 10.6. The van der Waals surface area contributed by atoms with Gasteiger partial charge in [0.1, 0.15) is 0 Å². The Bertz CT molecular complexity index is 1010. The van der Waals surface area contributed by atoms with Crippen molar-refractivity contribution in [3.05, 3.63) is 63.1 Å². The number of carbonyl (C=O) groups excluding carboxylic acids is 2. The van der Waals surface area contributed by atoms with E-state index < -0.39 is 23.4 Å². The average molecular weight is 399 g/mol. The van der Waals surface area contributed by atoms with Crippen LogP contribution in [0, 0.1) is 17.0 Å². The third-order valence-electron chi connectivity index (χ3n) is 3.95. The molecular formula is C19H17N3O5S. The van der Waals surface area contributed by atoms with E-state index in [0.717, 1.165) is 15.2 Å². The van der Waals surface area contributed by atoms with Crippen molar-refractivity contribution in [3.63, 3.8) is 0 Å². The smallest absolute Gasteiger partial charge is 0.306 e. The molecule has 0 atom stereocenters. The molecule has 1 N–H and O–H groups in total. The number of nitro benzene ring substituents is 1. The molecule has 1 aromatic heterocycles. The molecule has 1 amide bonds. The number of nitrogens with zero attached hydrogens (tertiary/aromatic N) is 2. The van der Waals surface area contributed by atoms with Crippen LogP contribution in [0.5, 0.6) is 0 Å². The van der Waals surface area contributed by atoms with E-state index in [0.29, 0.717) is 17.7 Å². The molecule has 144 valence electrons. The van der Waals surface area contributed by atoms with Gasteiger partial charge in [-0.25, -0.2) is 4.98 Å². The van der Waals surface area contributed by atoms with E-state index in [4.69, 9.17) is 4.74 Å². The van der Waals surface area contributed by atoms with Crippen molar-refractivity contribution in [1.82, 2.24) is 4.98 Å². The zero-order valence-corrected chi connectivity index (χ0v) is 15.8. The van der Waals surface area contributed by atoms with Gasteiger partial charge in [0.05, 0.1) is 32.3 Å². The summed E-state index contributed by atoms with van der Waals surface area (Å²) < 4.78 is 6.03. The van der Waals surface area contributed by atoms with Gasteiger partial charge < -0.3 is 10.1 Å². The van der Waals surface area contributed by atoms with E-state index in [-0.39, 0.29) is 12.1 Å².